The van der Waals surface area contributed by atoms with Crippen LogP contribution in [0.15, 0.2) is 36.5 Å². The fourth-order valence-corrected chi connectivity index (χ4v) is 1.76. The highest BCUT2D eigenvalue weighted by molar-refractivity contribution is 5.60. The van der Waals surface area contributed by atoms with E-state index in [1.54, 1.807) is 19.2 Å². The van der Waals surface area contributed by atoms with Crippen LogP contribution in [0.1, 0.15) is 11.7 Å². The second kappa shape index (κ2) is 5.12. The van der Waals surface area contributed by atoms with Crippen molar-refractivity contribution in [2.45, 2.75) is 6.10 Å². The van der Waals surface area contributed by atoms with E-state index in [4.69, 9.17) is 10.5 Å². The van der Waals surface area contributed by atoms with Crippen LogP contribution in [0.2, 0.25) is 0 Å². The van der Waals surface area contributed by atoms with Crippen molar-refractivity contribution in [1.29, 1.82) is 0 Å². The third kappa shape index (κ3) is 2.54. The maximum absolute atomic E-state index is 12.8. The molecule has 0 aliphatic carbocycles. The van der Waals surface area contributed by atoms with Crippen molar-refractivity contribution in [2.24, 2.45) is 5.73 Å². The van der Waals surface area contributed by atoms with Gasteiger partial charge in [0.15, 0.2) is 0 Å². The van der Waals surface area contributed by atoms with E-state index >= 15 is 0 Å². The number of hydrogen-bond acceptors (Lipinski definition) is 2. The number of aromatic amines is 1. The first-order chi connectivity index (χ1) is 8.24. The minimum atomic E-state index is -0.239. The highest BCUT2D eigenvalue weighted by Crippen LogP contribution is 2.23. The van der Waals surface area contributed by atoms with E-state index in [9.17, 15) is 4.39 Å². The van der Waals surface area contributed by atoms with Gasteiger partial charge in [-0.3, -0.25) is 0 Å². The lowest BCUT2D eigenvalue weighted by molar-refractivity contribution is 0.110. The Morgan fingerprint density at radius 1 is 1.35 bits per heavy atom. The number of aromatic nitrogens is 1. The van der Waals surface area contributed by atoms with Gasteiger partial charge in [-0.25, -0.2) is 4.39 Å². The molecule has 0 aliphatic rings. The number of benzene rings is 1. The molecule has 1 heterocycles. The summed E-state index contributed by atoms with van der Waals surface area (Å²) in [5, 5.41) is 0. The lowest BCUT2D eigenvalue weighted by atomic mass is 10.1. The van der Waals surface area contributed by atoms with Gasteiger partial charge in [-0.15, -0.1) is 0 Å². The Balaban J connectivity index is 2.26. The zero-order valence-electron chi connectivity index (χ0n) is 9.61. The molecule has 0 amide bonds. The highest BCUT2D eigenvalue weighted by atomic mass is 19.1. The maximum Gasteiger partial charge on any atom is 0.123 e. The molecule has 0 saturated carbocycles. The largest absolute Gasteiger partial charge is 0.375 e. The standard InChI is InChI=1S/C13H15FN2O/c1-17-13(7-15)10-6-12(16-8-10)9-2-4-11(14)5-3-9/h2-6,8,13,16H,7,15H2,1H3. The van der Waals surface area contributed by atoms with Gasteiger partial charge >= 0.3 is 0 Å². The number of methoxy groups -OCH3 is 1. The zero-order chi connectivity index (χ0) is 12.3. The van der Waals surface area contributed by atoms with E-state index in [2.05, 4.69) is 4.98 Å². The van der Waals surface area contributed by atoms with E-state index in [0.717, 1.165) is 16.8 Å². The number of ether oxygens (including phenoxy) is 1. The fourth-order valence-electron chi connectivity index (χ4n) is 1.76. The molecule has 1 atom stereocenters. The Morgan fingerprint density at radius 2 is 2.06 bits per heavy atom. The molecule has 0 bridgehead atoms. The van der Waals surface area contributed by atoms with Crippen LogP contribution in [-0.4, -0.2) is 18.6 Å². The average Bonchev–Trinajstić information content (AvgIpc) is 2.81. The topological polar surface area (TPSA) is 51.0 Å². The predicted molar refractivity (Wildman–Crippen MR) is 65.0 cm³/mol. The van der Waals surface area contributed by atoms with Gasteiger partial charge in [0.25, 0.3) is 0 Å². The van der Waals surface area contributed by atoms with Gasteiger partial charge in [0.1, 0.15) is 5.82 Å². The van der Waals surface area contributed by atoms with Gasteiger partial charge in [0.2, 0.25) is 0 Å². The second-order valence-corrected chi connectivity index (χ2v) is 3.81. The van der Waals surface area contributed by atoms with Crippen molar-refractivity contribution in [3.8, 4) is 11.3 Å². The van der Waals surface area contributed by atoms with Gasteiger partial charge in [-0.2, -0.15) is 0 Å². The molecule has 0 fully saturated rings. The third-order valence-electron chi connectivity index (χ3n) is 2.73. The molecule has 2 rings (SSSR count). The smallest absolute Gasteiger partial charge is 0.123 e. The van der Waals surface area contributed by atoms with E-state index in [0.29, 0.717) is 6.54 Å². The van der Waals surface area contributed by atoms with E-state index < -0.39 is 0 Å². The summed E-state index contributed by atoms with van der Waals surface area (Å²) in [5.74, 6) is -0.239. The van der Waals surface area contributed by atoms with Crippen LogP contribution in [0.4, 0.5) is 4.39 Å². The number of hydrogen-bond donors (Lipinski definition) is 2. The lowest BCUT2D eigenvalue weighted by Gasteiger charge is -2.09. The summed E-state index contributed by atoms with van der Waals surface area (Å²) in [6, 6.07) is 8.30. The van der Waals surface area contributed by atoms with Crippen LogP contribution in [0.25, 0.3) is 11.3 Å². The molecule has 3 N–H and O–H groups in total. The van der Waals surface area contributed by atoms with Gasteiger partial charge in [-0.05, 0) is 35.9 Å². The van der Waals surface area contributed by atoms with Crippen molar-refractivity contribution in [3.05, 3.63) is 47.9 Å². The van der Waals surface area contributed by atoms with Crippen LogP contribution < -0.4 is 5.73 Å². The minimum absolute atomic E-state index is 0.111. The summed E-state index contributed by atoms with van der Waals surface area (Å²) >= 11 is 0. The Labute approximate surface area is 99.4 Å². The molecule has 0 radical (unpaired) electrons. The molecular weight excluding hydrogens is 219 g/mol. The third-order valence-corrected chi connectivity index (χ3v) is 2.73. The number of nitrogens with two attached hydrogens (primary N) is 1. The van der Waals surface area contributed by atoms with Crippen LogP contribution in [-0.2, 0) is 4.74 Å². The molecule has 0 aliphatic heterocycles. The van der Waals surface area contributed by atoms with Gasteiger partial charge in [0, 0.05) is 31.1 Å². The molecule has 1 aromatic heterocycles. The lowest BCUT2D eigenvalue weighted by Crippen LogP contribution is -2.13. The summed E-state index contributed by atoms with van der Waals surface area (Å²) in [4.78, 5) is 3.13. The van der Waals surface area contributed by atoms with Crippen LogP contribution in [0.5, 0.6) is 0 Å². The first kappa shape index (κ1) is 11.8. The number of rotatable bonds is 4. The molecule has 3 nitrogen and oxygen atoms in total. The normalized spacial score (nSPS) is 12.6. The summed E-state index contributed by atoms with van der Waals surface area (Å²) in [5.41, 5.74) is 8.45. The van der Waals surface area contributed by atoms with Crippen molar-refractivity contribution >= 4 is 0 Å². The monoisotopic (exact) mass is 234 g/mol. The van der Waals surface area contributed by atoms with Crippen LogP contribution in [0.3, 0.4) is 0 Å². The van der Waals surface area contributed by atoms with E-state index in [1.165, 1.54) is 12.1 Å². The summed E-state index contributed by atoms with van der Waals surface area (Å²) < 4.78 is 18.0. The molecule has 90 valence electrons. The summed E-state index contributed by atoms with van der Waals surface area (Å²) in [6.45, 7) is 0.428. The van der Waals surface area contributed by atoms with E-state index in [1.807, 2.05) is 12.3 Å². The van der Waals surface area contributed by atoms with Crippen molar-refractivity contribution in [2.75, 3.05) is 13.7 Å². The highest BCUT2D eigenvalue weighted by Gasteiger charge is 2.10. The van der Waals surface area contributed by atoms with Crippen molar-refractivity contribution in [1.82, 2.24) is 4.98 Å². The van der Waals surface area contributed by atoms with Crippen LogP contribution >= 0.6 is 0 Å². The number of H-pyrrole nitrogens is 1. The number of halogens is 1. The van der Waals surface area contributed by atoms with Crippen LogP contribution in [0, 0.1) is 5.82 Å². The summed E-state index contributed by atoms with van der Waals surface area (Å²) in [6.07, 6.45) is 1.75. The second-order valence-electron chi connectivity index (χ2n) is 3.81. The van der Waals surface area contributed by atoms with Gasteiger partial charge in [0.05, 0.1) is 6.10 Å². The van der Waals surface area contributed by atoms with Gasteiger partial charge < -0.3 is 15.5 Å². The molecule has 0 spiro atoms. The Bertz CT molecular complexity index is 474. The zero-order valence-corrected chi connectivity index (χ0v) is 9.61. The van der Waals surface area contributed by atoms with Crippen molar-refractivity contribution < 1.29 is 9.13 Å². The predicted octanol–water partition coefficient (Wildman–Crippen LogP) is 2.47. The average molecular weight is 234 g/mol. The fraction of sp³-hybridized carbons (Fsp3) is 0.231. The summed E-state index contributed by atoms with van der Waals surface area (Å²) in [7, 11) is 1.63. The Kier molecular flexibility index (Phi) is 3.56. The first-order valence-electron chi connectivity index (χ1n) is 5.41. The molecule has 1 aromatic carbocycles. The molecular formula is C13H15FN2O. The maximum atomic E-state index is 12.8. The Hall–Kier alpha value is -1.65. The van der Waals surface area contributed by atoms with Gasteiger partial charge in [-0.1, -0.05) is 0 Å². The molecule has 1 unspecified atom stereocenters. The minimum Gasteiger partial charge on any atom is -0.375 e. The number of nitrogens with one attached hydrogen (secondary N) is 1. The molecule has 0 saturated heterocycles. The molecule has 2 aromatic rings. The quantitative estimate of drug-likeness (QED) is 0.853. The molecule has 4 heteroatoms. The van der Waals surface area contributed by atoms with E-state index in [-0.39, 0.29) is 11.9 Å². The van der Waals surface area contributed by atoms with Crippen molar-refractivity contribution in [3.63, 3.8) is 0 Å². The first-order valence-corrected chi connectivity index (χ1v) is 5.41. The SMILES string of the molecule is COC(CN)c1c[nH]c(-c2ccc(F)cc2)c1. The molecule has 17 heavy (non-hydrogen) atoms. The Morgan fingerprint density at radius 3 is 2.65 bits per heavy atom.